The van der Waals surface area contributed by atoms with Crippen molar-refractivity contribution < 1.29 is 19.2 Å². The zero-order valence-corrected chi connectivity index (χ0v) is 15.4. The van der Waals surface area contributed by atoms with Crippen LogP contribution in [0.25, 0.3) is 0 Å². The number of nitro groups is 1. The smallest absolute Gasteiger partial charge is 0.338 e. The summed E-state index contributed by atoms with van der Waals surface area (Å²) < 4.78 is 4.94. The standard InChI is InChI=1S/C18H18ClN3O5/c1-11(12-3-6-14(19)7-4-12)21-17(23)10-27-18(24)13-5-8-15(20-2)16(9-13)22(25)26/h3-9,11,20H,10H2,1-2H3,(H,21,23)/t11-/m1/s1. The molecule has 8 nitrogen and oxygen atoms in total. The molecule has 0 spiro atoms. The second-order valence-corrected chi connectivity index (χ2v) is 6.09. The molecule has 0 bridgehead atoms. The van der Waals surface area contributed by atoms with Crippen molar-refractivity contribution in [1.29, 1.82) is 0 Å². The van der Waals surface area contributed by atoms with Crippen molar-refractivity contribution in [1.82, 2.24) is 5.32 Å². The van der Waals surface area contributed by atoms with E-state index in [4.69, 9.17) is 16.3 Å². The summed E-state index contributed by atoms with van der Waals surface area (Å²) >= 11 is 5.82. The van der Waals surface area contributed by atoms with Gasteiger partial charge in [-0.2, -0.15) is 0 Å². The molecule has 0 aliphatic carbocycles. The molecule has 0 heterocycles. The van der Waals surface area contributed by atoms with Crippen LogP contribution in [0.1, 0.15) is 28.9 Å². The van der Waals surface area contributed by atoms with Gasteiger partial charge in [0.05, 0.1) is 16.5 Å². The van der Waals surface area contributed by atoms with Crippen molar-refractivity contribution in [3.63, 3.8) is 0 Å². The Bertz CT molecular complexity index is 855. The van der Waals surface area contributed by atoms with Gasteiger partial charge in [0.1, 0.15) is 5.69 Å². The zero-order chi connectivity index (χ0) is 20.0. The van der Waals surface area contributed by atoms with Gasteiger partial charge in [0, 0.05) is 18.1 Å². The predicted molar refractivity (Wildman–Crippen MR) is 101 cm³/mol. The Hall–Kier alpha value is -3.13. The molecule has 1 atom stereocenters. The van der Waals surface area contributed by atoms with Gasteiger partial charge in [-0.05, 0) is 36.8 Å². The highest BCUT2D eigenvalue weighted by Crippen LogP contribution is 2.25. The van der Waals surface area contributed by atoms with E-state index in [0.717, 1.165) is 11.6 Å². The van der Waals surface area contributed by atoms with Crippen LogP contribution < -0.4 is 10.6 Å². The van der Waals surface area contributed by atoms with Crippen molar-refractivity contribution in [3.05, 3.63) is 68.7 Å². The number of rotatable bonds is 7. The summed E-state index contributed by atoms with van der Waals surface area (Å²) in [6, 6.07) is 10.6. The first-order valence-corrected chi connectivity index (χ1v) is 8.37. The van der Waals surface area contributed by atoms with Crippen LogP contribution in [0.3, 0.4) is 0 Å². The largest absolute Gasteiger partial charge is 0.452 e. The van der Waals surface area contributed by atoms with Crippen molar-refractivity contribution >= 4 is 34.9 Å². The van der Waals surface area contributed by atoms with E-state index >= 15 is 0 Å². The second-order valence-electron chi connectivity index (χ2n) is 5.66. The minimum absolute atomic E-state index is 0.0146. The predicted octanol–water partition coefficient (Wildman–Crippen LogP) is 3.32. The van der Waals surface area contributed by atoms with Crippen LogP contribution in [-0.4, -0.2) is 30.5 Å². The number of carbonyl (C=O) groups is 2. The lowest BCUT2D eigenvalue weighted by molar-refractivity contribution is -0.384. The maximum atomic E-state index is 12.1. The Balaban J connectivity index is 1.94. The Morgan fingerprint density at radius 3 is 2.48 bits per heavy atom. The van der Waals surface area contributed by atoms with Gasteiger partial charge >= 0.3 is 5.97 Å². The first kappa shape index (κ1) is 20.2. The van der Waals surface area contributed by atoms with Gasteiger partial charge in [-0.15, -0.1) is 0 Å². The second kappa shape index (κ2) is 9.00. The molecule has 142 valence electrons. The Morgan fingerprint density at radius 2 is 1.89 bits per heavy atom. The molecule has 0 fully saturated rings. The van der Waals surface area contributed by atoms with Crippen LogP contribution in [0.4, 0.5) is 11.4 Å². The van der Waals surface area contributed by atoms with Crippen molar-refractivity contribution in [2.75, 3.05) is 19.0 Å². The molecule has 0 radical (unpaired) electrons. The summed E-state index contributed by atoms with van der Waals surface area (Å²) in [5, 5.41) is 17.0. The highest BCUT2D eigenvalue weighted by atomic mass is 35.5. The minimum atomic E-state index is -0.824. The summed E-state index contributed by atoms with van der Waals surface area (Å²) in [6.45, 7) is 1.28. The zero-order valence-electron chi connectivity index (χ0n) is 14.7. The molecule has 1 amide bonds. The normalized spacial score (nSPS) is 11.4. The molecular weight excluding hydrogens is 374 g/mol. The fraction of sp³-hybridized carbons (Fsp3) is 0.222. The fourth-order valence-corrected chi connectivity index (χ4v) is 2.48. The number of hydrogen-bond acceptors (Lipinski definition) is 6. The summed E-state index contributed by atoms with van der Waals surface area (Å²) in [6.07, 6.45) is 0. The highest BCUT2D eigenvalue weighted by molar-refractivity contribution is 6.30. The monoisotopic (exact) mass is 391 g/mol. The number of anilines is 1. The quantitative estimate of drug-likeness (QED) is 0.425. The number of hydrogen-bond donors (Lipinski definition) is 2. The van der Waals surface area contributed by atoms with Gasteiger partial charge in [0.15, 0.2) is 6.61 Å². The average Bonchev–Trinajstić information content (AvgIpc) is 2.65. The van der Waals surface area contributed by atoms with Gasteiger partial charge < -0.3 is 15.4 Å². The number of nitrogens with one attached hydrogen (secondary N) is 2. The van der Waals surface area contributed by atoms with Gasteiger partial charge in [0.25, 0.3) is 11.6 Å². The molecule has 2 rings (SSSR count). The van der Waals surface area contributed by atoms with Crippen LogP contribution in [0, 0.1) is 10.1 Å². The first-order chi connectivity index (χ1) is 12.8. The number of carbonyl (C=O) groups excluding carboxylic acids is 2. The summed E-state index contributed by atoms with van der Waals surface area (Å²) in [4.78, 5) is 34.5. The van der Waals surface area contributed by atoms with Crippen molar-refractivity contribution in [2.24, 2.45) is 0 Å². The van der Waals surface area contributed by atoms with Gasteiger partial charge in [-0.25, -0.2) is 4.79 Å². The van der Waals surface area contributed by atoms with Crippen molar-refractivity contribution in [2.45, 2.75) is 13.0 Å². The number of nitrogens with zero attached hydrogens (tertiary/aromatic N) is 1. The Labute approximate surface area is 160 Å². The summed E-state index contributed by atoms with van der Waals surface area (Å²) in [5.74, 6) is -1.32. The third-order valence-electron chi connectivity index (χ3n) is 3.78. The molecule has 0 saturated carbocycles. The van der Waals surface area contributed by atoms with Crippen LogP contribution >= 0.6 is 11.6 Å². The van der Waals surface area contributed by atoms with Crippen LogP contribution in [-0.2, 0) is 9.53 Å². The molecule has 2 N–H and O–H groups in total. The molecule has 2 aromatic carbocycles. The number of amides is 1. The van der Waals surface area contributed by atoms with E-state index in [-0.39, 0.29) is 23.0 Å². The topological polar surface area (TPSA) is 111 Å². The van der Waals surface area contributed by atoms with Gasteiger partial charge in [-0.3, -0.25) is 14.9 Å². The van der Waals surface area contributed by atoms with Gasteiger partial charge in [-0.1, -0.05) is 23.7 Å². The molecule has 0 aromatic heterocycles. The maximum absolute atomic E-state index is 12.1. The first-order valence-electron chi connectivity index (χ1n) is 8.00. The number of ether oxygens (including phenoxy) is 1. The highest BCUT2D eigenvalue weighted by Gasteiger charge is 2.19. The minimum Gasteiger partial charge on any atom is -0.452 e. The molecular formula is C18H18ClN3O5. The lowest BCUT2D eigenvalue weighted by Gasteiger charge is -2.14. The van der Waals surface area contributed by atoms with E-state index in [0.29, 0.717) is 5.02 Å². The van der Waals surface area contributed by atoms with Crippen LogP contribution in [0.2, 0.25) is 5.02 Å². The lowest BCUT2D eigenvalue weighted by atomic mass is 10.1. The molecule has 0 saturated heterocycles. The molecule has 27 heavy (non-hydrogen) atoms. The maximum Gasteiger partial charge on any atom is 0.338 e. The van der Waals surface area contributed by atoms with Gasteiger partial charge in [0.2, 0.25) is 0 Å². The lowest BCUT2D eigenvalue weighted by Crippen LogP contribution is -2.31. The van der Waals surface area contributed by atoms with E-state index < -0.39 is 23.4 Å². The summed E-state index contributed by atoms with van der Waals surface area (Å²) in [7, 11) is 1.53. The van der Waals surface area contributed by atoms with Crippen LogP contribution in [0.5, 0.6) is 0 Å². The van der Waals surface area contributed by atoms with E-state index in [1.807, 2.05) is 0 Å². The number of halogens is 1. The Kier molecular flexibility index (Phi) is 6.73. The van der Waals surface area contributed by atoms with E-state index in [1.165, 1.54) is 19.2 Å². The third-order valence-corrected chi connectivity index (χ3v) is 4.03. The van der Waals surface area contributed by atoms with E-state index in [9.17, 15) is 19.7 Å². The van der Waals surface area contributed by atoms with Crippen LogP contribution in [0.15, 0.2) is 42.5 Å². The molecule has 0 aliphatic rings. The van der Waals surface area contributed by atoms with E-state index in [1.54, 1.807) is 31.2 Å². The third kappa shape index (κ3) is 5.42. The molecule has 0 unspecified atom stereocenters. The fourth-order valence-electron chi connectivity index (χ4n) is 2.35. The number of esters is 1. The van der Waals surface area contributed by atoms with Crippen molar-refractivity contribution in [3.8, 4) is 0 Å². The SMILES string of the molecule is CNc1ccc(C(=O)OCC(=O)N[C@H](C)c2ccc(Cl)cc2)cc1[N+](=O)[O-]. The average molecular weight is 392 g/mol. The molecule has 9 heteroatoms. The molecule has 2 aromatic rings. The molecule has 0 aliphatic heterocycles. The number of benzene rings is 2. The van der Waals surface area contributed by atoms with E-state index in [2.05, 4.69) is 10.6 Å². The Morgan fingerprint density at radius 1 is 1.22 bits per heavy atom. The summed E-state index contributed by atoms with van der Waals surface area (Å²) in [5.41, 5.74) is 0.843. The number of nitro benzene ring substituents is 1.